The zero-order valence-corrected chi connectivity index (χ0v) is 15.3. The lowest BCUT2D eigenvalue weighted by Gasteiger charge is -2.30. The van der Waals surface area contributed by atoms with Crippen LogP contribution in [-0.4, -0.2) is 32.7 Å². The molecule has 132 valence electrons. The molecular weight excluding hydrogens is 332 g/mol. The van der Waals surface area contributed by atoms with E-state index in [1.807, 2.05) is 12.5 Å². The van der Waals surface area contributed by atoms with Crippen molar-refractivity contribution < 1.29 is 0 Å². The molecule has 25 heavy (non-hydrogen) atoms. The highest BCUT2D eigenvalue weighted by atomic mass is 32.2. The number of aromatic nitrogens is 3. The van der Waals surface area contributed by atoms with Crippen LogP contribution in [-0.2, 0) is 12.8 Å². The number of amidine groups is 1. The molecule has 0 radical (unpaired) electrons. The van der Waals surface area contributed by atoms with Gasteiger partial charge in [-0.15, -0.1) is 0 Å². The van der Waals surface area contributed by atoms with Gasteiger partial charge in [0.1, 0.15) is 5.84 Å². The Kier molecular flexibility index (Phi) is 4.29. The van der Waals surface area contributed by atoms with Crippen LogP contribution in [0.4, 0.5) is 0 Å². The molecule has 2 heterocycles. The van der Waals surface area contributed by atoms with Gasteiger partial charge in [-0.05, 0) is 55.9 Å². The first-order chi connectivity index (χ1) is 12.1. The van der Waals surface area contributed by atoms with E-state index in [9.17, 15) is 0 Å². The molecule has 0 bridgehead atoms. The number of hydrogen-bond donors (Lipinski definition) is 3. The molecule has 1 fully saturated rings. The van der Waals surface area contributed by atoms with Gasteiger partial charge in [0.25, 0.3) is 0 Å². The molecular formula is C18H24N6S. The molecule has 2 aliphatic rings. The largest absolute Gasteiger partial charge is 0.384 e. The van der Waals surface area contributed by atoms with Gasteiger partial charge in [-0.2, -0.15) is 0 Å². The quantitative estimate of drug-likeness (QED) is 0.339. The Morgan fingerprint density at radius 3 is 2.72 bits per heavy atom. The Morgan fingerprint density at radius 1 is 1.28 bits per heavy atom. The number of nitrogens with one attached hydrogen (secondary N) is 1. The minimum absolute atomic E-state index is 0.144. The van der Waals surface area contributed by atoms with Crippen LogP contribution in [0.3, 0.4) is 0 Å². The van der Waals surface area contributed by atoms with Gasteiger partial charge in [-0.25, -0.2) is 9.97 Å². The molecule has 0 amide bonds. The van der Waals surface area contributed by atoms with Crippen molar-refractivity contribution in [2.45, 2.75) is 55.8 Å². The van der Waals surface area contributed by atoms with Crippen LogP contribution in [0, 0.1) is 5.41 Å². The predicted molar refractivity (Wildman–Crippen MR) is 101 cm³/mol. The van der Waals surface area contributed by atoms with E-state index in [1.165, 1.54) is 11.1 Å². The van der Waals surface area contributed by atoms with Crippen LogP contribution >= 0.6 is 11.8 Å². The second-order valence-electron chi connectivity index (χ2n) is 6.99. The van der Waals surface area contributed by atoms with E-state index in [-0.39, 0.29) is 5.84 Å². The molecule has 2 aliphatic carbocycles. The number of nitrogens with two attached hydrogens (primary N) is 2. The van der Waals surface area contributed by atoms with Crippen LogP contribution in [0.15, 0.2) is 17.6 Å². The number of hydrogen-bond acceptors (Lipinski definition) is 5. The topological polar surface area (TPSA) is 107 Å². The summed E-state index contributed by atoms with van der Waals surface area (Å²) in [6, 6.07) is 0.716. The van der Waals surface area contributed by atoms with E-state index < -0.39 is 0 Å². The van der Waals surface area contributed by atoms with Crippen LogP contribution in [0.25, 0.3) is 11.4 Å². The highest BCUT2D eigenvalue weighted by Crippen LogP contribution is 2.40. The SMILES string of the molecule is CSc1ncc2c(n1)-c1c(c(C(=N)N)cn1C1CCC(N)CC1)CC2. The highest BCUT2D eigenvalue weighted by molar-refractivity contribution is 7.98. The number of nitrogen functional groups attached to an aromatic ring is 1. The van der Waals surface area contributed by atoms with Crippen molar-refractivity contribution in [1.82, 2.24) is 14.5 Å². The van der Waals surface area contributed by atoms with Crippen LogP contribution < -0.4 is 11.5 Å². The third-order valence-corrected chi connectivity index (χ3v) is 6.02. The predicted octanol–water partition coefficient (Wildman–Crippen LogP) is 2.49. The van der Waals surface area contributed by atoms with Gasteiger partial charge >= 0.3 is 0 Å². The Morgan fingerprint density at radius 2 is 2.04 bits per heavy atom. The van der Waals surface area contributed by atoms with Crippen molar-refractivity contribution in [3.8, 4) is 11.4 Å². The van der Waals surface area contributed by atoms with E-state index in [4.69, 9.17) is 21.9 Å². The summed E-state index contributed by atoms with van der Waals surface area (Å²) in [5, 5.41) is 8.79. The molecule has 6 nitrogen and oxygen atoms in total. The van der Waals surface area contributed by atoms with Crippen LogP contribution in [0.1, 0.15) is 48.4 Å². The van der Waals surface area contributed by atoms with Crippen molar-refractivity contribution in [3.05, 3.63) is 29.1 Å². The highest BCUT2D eigenvalue weighted by Gasteiger charge is 2.30. The Labute approximate surface area is 151 Å². The fourth-order valence-electron chi connectivity index (χ4n) is 4.12. The summed E-state index contributed by atoms with van der Waals surface area (Å²) in [5.41, 5.74) is 17.4. The summed E-state index contributed by atoms with van der Waals surface area (Å²) in [6.45, 7) is 0. The first kappa shape index (κ1) is 16.6. The van der Waals surface area contributed by atoms with Crippen molar-refractivity contribution >= 4 is 17.6 Å². The molecule has 7 heteroatoms. The number of rotatable bonds is 3. The van der Waals surface area contributed by atoms with Gasteiger partial charge < -0.3 is 16.0 Å². The van der Waals surface area contributed by atoms with E-state index in [0.29, 0.717) is 12.1 Å². The van der Waals surface area contributed by atoms with Gasteiger partial charge in [0.15, 0.2) is 5.16 Å². The standard InChI is InChI=1S/C18H24N6S/c1-25-18-22-8-10-2-7-13-14(17(20)21)9-24(16(13)15(10)23-18)12-5-3-11(19)4-6-12/h8-9,11-12H,2-7,19H2,1H3,(H3,20,21). The number of aryl methyl sites for hydroxylation is 1. The molecule has 0 saturated heterocycles. The lowest BCUT2D eigenvalue weighted by Crippen LogP contribution is -2.28. The molecule has 0 aromatic carbocycles. The first-order valence-corrected chi connectivity index (χ1v) is 10.0. The maximum atomic E-state index is 8.00. The maximum absolute atomic E-state index is 8.00. The zero-order valence-electron chi connectivity index (χ0n) is 14.5. The molecule has 1 saturated carbocycles. The van der Waals surface area contributed by atoms with Gasteiger partial charge in [0, 0.05) is 30.0 Å². The molecule has 5 N–H and O–H groups in total. The molecule has 4 rings (SSSR count). The Hall–Kier alpha value is -1.86. The molecule has 0 aliphatic heterocycles. The molecule has 2 aromatic rings. The lowest BCUT2D eigenvalue weighted by molar-refractivity contribution is 0.326. The summed E-state index contributed by atoms with van der Waals surface area (Å²) in [7, 11) is 0. The summed E-state index contributed by atoms with van der Waals surface area (Å²) >= 11 is 1.56. The first-order valence-electron chi connectivity index (χ1n) is 8.82. The second-order valence-corrected chi connectivity index (χ2v) is 7.76. The lowest BCUT2D eigenvalue weighted by atomic mass is 9.90. The van der Waals surface area contributed by atoms with E-state index in [2.05, 4.69) is 15.7 Å². The maximum Gasteiger partial charge on any atom is 0.187 e. The third-order valence-electron chi connectivity index (χ3n) is 5.46. The minimum atomic E-state index is 0.144. The number of thioether (sulfide) groups is 1. The molecule has 0 spiro atoms. The minimum Gasteiger partial charge on any atom is -0.384 e. The third kappa shape index (κ3) is 2.85. The summed E-state index contributed by atoms with van der Waals surface area (Å²) in [4.78, 5) is 9.25. The van der Waals surface area contributed by atoms with Crippen LogP contribution in [0.5, 0.6) is 0 Å². The Balaban J connectivity index is 1.87. The van der Waals surface area contributed by atoms with Crippen molar-refractivity contribution in [3.63, 3.8) is 0 Å². The van der Waals surface area contributed by atoms with Crippen molar-refractivity contribution in [2.75, 3.05) is 6.26 Å². The summed E-state index contributed by atoms with van der Waals surface area (Å²) in [5.74, 6) is 0.144. The second kappa shape index (κ2) is 6.46. The van der Waals surface area contributed by atoms with E-state index in [0.717, 1.165) is 60.6 Å². The monoisotopic (exact) mass is 356 g/mol. The van der Waals surface area contributed by atoms with Gasteiger partial charge in [0.05, 0.1) is 11.4 Å². The smallest absolute Gasteiger partial charge is 0.187 e. The molecule has 0 atom stereocenters. The average Bonchev–Trinajstić information content (AvgIpc) is 3.02. The summed E-state index contributed by atoms with van der Waals surface area (Å²) in [6.07, 6.45) is 12.0. The number of fused-ring (bicyclic) bond motifs is 3. The summed E-state index contributed by atoms with van der Waals surface area (Å²) < 4.78 is 2.33. The molecule has 2 aromatic heterocycles. The van der Waals surface area contributed by atoms with Gasteiger partial charge in [-0.3, -0.25) is 5.41 Å². The van der Waals surface area contributed by atoms with Crippen LogP contribution in [0.2, 0.25) is 0 Å². The van der Waals surface area contributed by atoms with Crippen molar-refractivity contribution in [2.24, 2.45) is 11.5 Å². The van der Waals surface area contributed by atoms with E-state index in [1.54, 1.807) is 11.8 Å². The number of nitrogens with zero attached hydrogens (tertiary/aromatic N) is 3. The van der Waals surface area contributed by atoms with Crippen molar-refractivity contribution in [1.29, 1.82) is 5.41 Å². The van der Waals surface area contributed by atoms with E-state index >= 15 is 0 Å². The average molecular weight is 356 g/mol. The zero-order chi connectivity index (χ0) is 17.6. The fraction of sp³-hybridized carbons (Fsp3) is 0.500. The van der Waals surface area contributed by atoms with Gasteiger partial charge in [-0.1, -0.05) is 11.8 Å². The Bertz CT molecular complexity index is 819. The molecule has 0 unspecified atom stereocenters. The fourth-order valence-corrected chi connectivity index (χ4v) is 4.46. The van der Waals surface area contributed by atoms with Gasteiger partial charge in [0.2, 0.25) is 0 Å². The normalized spacial score (nSPS) is 22.3.